The number of hydrogen-bond donors (Lipinski definition) is 1. The van der Waals surface area contributed by atoms with Crippen molar-refractivity contribution in [1.82, 2.24) is 24.9 Å². The van der Waals surface area contributed by atoms with E-state index < -0.39 is 12.1 Å². The summed E-state index contributed by atoms with van der Waals surface area (Å²) in [5, 5.41) is 17.6. The second kappa shape index (κ2) is 11.1. The largest absolute Gasteiger partial charge is 0.489 e. The summed E-state index contributed by atoms with van der Waals surface area (Å²) in [6.45, 7) is 6.26. The van der Waals surface area contributed by atoms with Crippen LogP contribution < -0.4 is 4.74 Å². The number of ether oxygens (including phenoxy) is 2. The molecule has 0 aromatic carbocycles. The van der Waals surface area contributed by atoms with E-state index in [1.165, 1.54) is 4.90 Å². The fraction of sp³-hybridized carbons (Fsp3) is 0.542. The molecular weight excluding hydrogens is 438 g/mol. The lowest BCUT2D eigenvalue weighted by molar-refractivity contribution is -0.143. The lowest BCUT2D eigenvalue weighted by Crippen LogP contribution is -2.29. The highest BCUT2D eigenvalue weighted by atomic mass is 16.6. The maximum atomic E-state index is 12.3. The molecule has 0 radical (unpaired) electrons. The monoisotopic (exact) mass is 471 g/mol. The molecule has 3 rings (SSSR count). The smallest absolute Gasteiger partial charge is 0.410 e. The third kappa shape index (κ3) is 6.33. The number of rotatable bonds is 8. The molecule has 2 aromatic heterocycles. The van der Waals surface area contributed by atoms with E-state index >= 15 is 0 Å². The quantitative estimate of drug-likeness (QED) is 0.578. The SMILES string of the molecule is CC(C)=CCN(C)C(=O)OCc1c(-c2ccc(O[C@H]3CCC[C@@H](C(=O)O)C3)c(C)n2)nnn1C. The van der Waals surface area contributed by atoms with Crippen molar-refractivity contribution in [2.45, 2.75) is 59.2 Å². The van der Waals surface area contributed by atoms with E-state index in [1.54, 1.807) is 24.8 Å². The number of aromatic nitrogens is 4. The normalized spacial score (nSPS) is 17.7. The van der Waals surface area contributed by atoms with Crippen LogP contribution in [0.5, 0.6) is 5.75 Å². The van der Waals surface area contributed by atoms with Gasteiger partial charge in [-0.3, -0.25) is 4.79 Å². The summed E-state index contributed by atoms with van der Waals surface area (Å²) in [6, 6.07) is 3.61. The molecule has 0 bridgehead atoms. The van der Waals surface area contributed by atoms with Gasteiger partial charge in [0.25, 0.3) is 0 Å². The maximum absolute atomic E-state index is 12.3. The van der Waals surface area contributed by atoms with E-state index in [-0.39, 0.29) is 18.6 Å². The third-order valence-corrected chi connectivity index (χ3v) is 5.91. The van der Waals surface area contributed by atoms with Gasteiger partial charge in [0.15, 0.2) is 0 Å². The molecule has 1 N–H and O–H groups in total. The van der Waals surface area contributed by atoms with Gasteiger partial charge in [-0.15, -0.1) is 5.10 Å². The van der Waals surface area contributed by atoms with Gasteiger partial charge in [-0.25, -0.2) is 14.5 Å². The minimum Gasteiger partial charge on any atom is -0.489 e. The van der Waals surface area contributed by atoms with Gasteiger partial charge in [-0.1, -0.05) is 16.9 Å². The molecule has 1 amide bonds. The lowest BCUT2D eigenvalue weighted by Gasteiger charge is -2.27. The van der Waals surface area contributed by atoms with Crippen LogP contribution in [0.4, 0.5) is 4.79 Å². The summed E-state index contributed by atoms with van der Waals surface area (Å²) in [4.78, 5) is 29.8. The van der Waals surface area contributed by atoms with Crippen molar-refractivity contribution in [1.29, 1.82) is 0 Å². The molecule has 0 spiro atoms. The number of amides is 1. The van der Waals surface area contributed by atoms with Crippen molar-refractivity contribution in [2.75, 3.05) is 13.6 Å². The third-order valence-electron chi connectivity index (χ3n) is 5.91. The predicted molar refractivity (Wildman–Crippen MR) is 125 cm³/mol. The van der Waals surface area contributed by atoms with E-state index in [9.17, 15) is 14.7 Å². The zero-order valence-electron chi connectivity index (χ0n) is 20.4. The number of carboxylic acid groups (broad SMARTS) is 1. The second-order valence-corrected chi connectivity index (χ2v) is 8.95. The Kier molecular flexibility index (Phi) is 8.25. The molecule has 10 heteroatoms. The molecule has 2 aromatic rings. The minimum absolute atomic E-state index is 0.00839. The molecule has 2 atom stereocenters. The Bertz CT molecular complexity index is 1060. The van der Waals surface area contributed by atoms with E-state index in [2.05, 4.69) is 15.3 Å². The van der Waals surface area contributed by atoms with Gasteiger partial charge in [0, 0.05) is 20.6 Å². The van der Waals surface area contributed by atoms with Crippen LogP contribution in [0.25, 0.3) is 11.4 Å². The van der Waals surface area contributed by atoms with Gasteiger partial charge >= 0.3 is 12.1 Å². The van der Waals surface area contributed by atoms with Gasteiger partial charge in [0.1, 0.15) is 23.7 Å². The fourth-order valence-corrected chi connectivity index (χ4v) is 3.83. The molecule has 1 aliphatic rings. The van der Waals surface area contributed by atoms with Crippen LogP contribution >= 0.6 is 0 Å². The van der Waals surface area contributed by atoms with Crippen molar-refractivity contribution < 1.29 is 24.2 Å². The minimum atomic E-state index is -0.766. The molecule has 1 aliphatic carbocycles. The molecule has 34 heavy (non-hydrogen) atoms. The maximum Gasteiger partial charge on any atom is 0.410 e. The number of carbonyl (C=O) groups excluding carboxylic acids is 1. The van der Waals surface area contributed by atoms with E-state index in [0.717, 1.165) is 18.4 Å². The fourth-order valence-electron chi connectivity index (χ4n) is 3.83. The van der Waals surface area contributed by atoms with Gasteiger partial charge < -0.3 is 19.5 Å². The highest BCUT2D eigenvalue weighted by Crippen LogP contribution is 2.30. The van der Waals surface area contributed by atoms with Crippen molar-refractivity contribution in [3.63, 3.8) is 0 Å². The highest BCUT2D eigenvalue weighted by molar-refractivity contribution is 5.70. The Morgan fingerprint density at radius 1 is 1.29 bits per heavy atom. The van der Waals surface area contributed by atoms with E-state index in [0.29, 0.717) is 47.9 Å². The molecule has 0 unspecified atom stereocenters. The Morgan fingerprint density at radius 3 is 2.74 bits per heavy atom. The first-order chi connectivity index (χ1) is 16.2. The number of aliphatic carboxylic acids is 1. The molecule has 0 aliphatic heterocycles. The van der Waals surface area contributed by atoms with Crippen molar-refractivity contribution in [2.24, 2.45) is 13.0 Å². The van der Waals surface area contributed by atoms with Crippen LogP contribution in [-0.2, 0) is 23.2 Å². The number of hydrogen-bond acceptors (Lipinski definition) is 7. The number of likely N-dealkylation sites (N-methyl/N-ethyl adjacent to an activating group) is 1. The number of pyridine rings is 1. The van der Waals surface area contributed by atoms with Gasteiger partial charge in [-0.05, 0) is 58.6 Å². The number of carboxylic acids is 1. The molecule has 1 fully saturated rings. The van der Waals surface area contributed by atoms with Crippen molar-refractivity contribution >= 4 is 12.1 Å². The molecule has 0 saturated heterocycles. The summed E-state index contributed by atoms with van der Waals surface area (Å²) in [5.74, 6) is -0.507. The molecule has 184 valence electrons. The van der Waals surface area contributed by atoms with E-state index in [4.69, 9.17) is 9.47 Å². The summed E-state index contributed by atoms with van der Waals surface area (Å²) in [5.41, 5.74) is 3.54. The average molecular weight is 472 g/mol. The van der Waals surface area contributed by atoms with E-state index in [1.807, 2.05) is 32.9 Å². The van der Waals surface area contributed by atoms with Crippen LogP contribution in [-0.4, -0.2) is 61.7 Å². The van der Waals surface area contributed by atoms with Crippen molar-refractivity contribution in [3.05, 3.63) is 35.2 Å². The topological polar surface area (TPSA) is 120 Å². The summed E-state index contributed by atoms with van der Waals surface area (Å²) < 4.78 is 13.1. The van der Waals surface area contributed by atoms with Crippen LogP contribution in [0, 0.1) is 12.8 Å². The number of allylic oxidation sites excluding steroid dienone is 1. The molecule has 1 saturated carbocycles. The van der Waals surface area contributed by atoms with Crippen LogP contribution in [0.3, 0.4) is 0 Å². The second-order valence-electron chi connectivity index (χ2n) is 8.95. The Morgan fingerprint density at radius 2 is 2.06 bits per heavy atom. The number of carbonyl (C=O) groups is 2. The summed E-state index contributed by atoms with van der Waals surface area (Å²) >= 11 is 0. The van der Waals surface area contributed by atoms with Crippen molar-refractivity contribution in [3.8, 4) is 17.1 Å². The zero-order valence-corrected chi connectivity index (χ0v) is 20.4. The first kappa shape index (κ1) is 25.2. The Balaban J connectivity index is 1.69. The predicted octanol–water partition coefficient (Wildman–Crippen LogP) is 3.74. The molecule has 2 heterocycles. The highest BCUT2D eigenvalue weighted by Gasteiger charge is 2.28. The van der Waals surface area contributed by atoms with Gasteiger partial charge in [0.05, 0.1) is 23.4 Å². The van der Waals surface area contributed by atoms with Crippen LogP contribution in [0.2, 0.25) is 0 Å². The van der Waals surface area contributed by atoms with Gasteiger partial charge in [0.2, 0.25) is 0 Å². The van der Waals surface area contributed by atoms with Crippen LogP contribution in [0.15, 0.2) is 23.8 Å². The number of aryl methyl sites for hydroxylation is 2. The summed E-state index contributed by atoms with van der Waals surface area (Å²) in [7, 11) is 3.41. The number of nitrogens with zero attached hydrogens (tertiary/aromatic N) is 5. The average Bonchev–Trinajstić information content (AvgIpc) is 3.17. The standard InChI is InChI=1S/C24H33N5O5/c1-15(2)11-12-28(4)24(32)33-14-20-22(26-27-29(20)5)19-9-10-21(16(3)25-19)34-18-8-6-7-17(13-18)23(30)31/h9-11,17-18H,6-8,12-14H2,1-5H3,(H,30,31)/t17-,18+/m1/s1. The Hall–Kier alpha value is -3.43. The lowest BCUT2D eigenvalue weighted by atomic mass is 9.87. The molecular formula is C24H33N5O5. The van der Waals surface area contributed by atoms with Crippen LogP contribution in [0.1, 0.15) is 50.9 Å². The summed E-state index contributed by atoms with van der Waals surface area (Å²) in [6.07, 6.45) is 4.21. The molecule has 10 nitrogen and oxygen atoms in total. The van der Waals surface area contributed by atoms with Gasteiger partial charge in [-0.2, -0.15) is 0 Å². The first-order valence-electron chi connectivity index (χ1n) is 11.4. The zero-order chi connectivity index (χ0) is 24.8. The Labute approximate surface area is 199 Å². The first-order valence-corrected chi connectivity index (χ1v) is 11.4.